The van der Waals surface area contributed by atoms with E-state index < -0.39 is 11.7 Å². The van der Waals surface area contributed by atoms with E-state index in [1.165, 1.54) is 17.0 Å². The van der Waals surface area contributed by atoms with Crippen molar-refractivity contribution in [2.45, 2.75) is 32.4 Å². The minimum absolute atomic E-state index is 0.0500. The maximum Gasteiger partial charge on any atom is 0.419 e. The number of halogens is 3. The van der Waals surface area contributed by atoms with Crippen molar-refractivity contribution in [1.82, 2.24) is 10.2 Å². The minimum Gasteiger partial charge on any atom is -0.493 e. The molecule has 0 aromatic heterocycles. The third-order valence-electron chi connectivity index (χ3n) is 3.47. The number of carbonyl (C=O) groups is 1. The van der Waals surface area contributed by atoms with Crippen LogP contribution >= 0.6 is 0 Å². The summed E-state index contributed by atoms with van der Waals surface area (Å²) in [5.74, 6) is -0.177. The van der Waals surface area contributed by atoms with Gasteiger partial charge in [0.1, 0.15) is 5.75 Å². The average Bonchev–Trinajstić information content (AvgIpc) is 2.50. The molecule has 0 aliphatic rings. The lowest BCUT2D eigenvalue weighted by Crippen LogP contribution is -2.33. The highest BCUT2D eigenvalue weighted by Gasteiger charge is 2.34. The second-order valence-electron chi connectivity index (χ2n) is 5.75. The zero-order chi connectivity index (χ0) is 18.2. The van der Waals surface area contributed by atoms with E-state index in [1.54, 1.807) is 14.1 Å². The van der Waals surface area contributed by atoms with E-state index in [1.807, 2.05) is 6.92 Å². The van der Waals surface area contributed by atoms with E-state index in [0.29, 0.717) is 19.4 Å². The molecular weight excluding hydrogens is 321 g/mol. The Labute approximate surface area is 141 Å². The second-order valence-corrected chi connectivity index (χ2v) is 5.75. The summed E-state index contributed by atoms with van der Waals surface area (Å²) in [6.45, 7) is 2.91. The number of ether oxygens (including phenoxy) is 1. The minimum atomic E-state index is -4.43. The number of nitrogens with one attached hydrogen (secondary N) is 1. The van der Waals surface area contributed by atoms with Crippen LogP contribution in [-0.2, 0) is 17.4 Å². The Hall–Kier alpha value is -1.76. The van der Waals surface area contributed by atoms with Crippen LogP contribution in [0.15, 0.2) is 18.2 Å². The molecule has 136 valence electrons. The monoisotopic (exact) mass is 346 g/mol. The van der Waals surface area contributed by atoms with E-state index in [9.17, 15) is 18.0 Å². The summed E-state index contributed by atoms with van der Waals surface area (Å²) in [5, 5.41) is 2.98. The Kier molecular flexibility index (Phi) is 8.04. The zero-order valence-electron chi connectivity index (χ0n) is 14.4. The molecule has 4 nitrogen and oxygen atoms in total. The molecule has 24 heavy (non-hydrogen) atoms. The Morgan fingerprint density at radius 3 is 2.58 bits per heavy atom. The predicted molar refractivity (Wildman–Crippen MR) is 87.1 cm³/mol. The number of rotatable bonds is 9. The summed E-state index contributed by atoms with van der Waals surface area (Å²) < 4.78 is 44.4. The topological polar surface area (TPSA) is 41.6 Å². The van der Waals surface area contributed by atoms with Gasteiger partial charge in [0, 0.05) is 14.1 Å². The fourth-order valence-corrected chi connectivity index (χ4v) is 1.99. The standard InChI is InChI=1S/C17H25F3N2O2/c1-4-5-10-24-15-11-13(6-7-14(15)17(18,19)20)8-9-21-12-16(23)22(2)3/h6-7,11,21H,4-5,8-10,12H2,1-3H3. The first kappa shape index (κ1) is 20.3. The molecule has 0 bridgehead atoms. The van der Waals surface area contributed by atoms with Gasteiger partial charge in [-0.2, -0.15) is 13.2 Å². The number of unbranched alkanes of at least 4 members (excludes halogenated alkanes) is 1. The van der Waals surface area contributed by atoms with Crippen LogP contribution in [0.25, 0.3) is 0 Å². The van der Waals surface area contributed by atoms with Crippen molar-refractivity contribution in [2.75, 3.05) is 33.8 Å². The van der Waals surface area contributed by atoms with Crippen molar-refractivity contribution in [3.8, 4) is 5.75 Å². The number of hydrogen-bond donors (Lipinski definition) is 1. The molecule has 1 amide bonds. The Balaban J connectivity index is 2.68. The van der Waals surface area contributed by atoms with Gasteiger partial charge in [0.2, 0.25) is 5.91 Å². The lowest BCUT2D eigenvalue weighted by Gasteiger charge is -2.15. The normalized spacial score (nSPS) is 11.4. The van der Waals surface area contributed by atoms with Gasteiger partial charge in [-0.05, 0) is 37.1 Å². The summed E-state index contributed by atoms with van der Waals surface area (Å²) in [6, 6.07) is 3.94. The highest BCUT2D eigenvalue weighted by Crippen LogP contribution is 2.36. The molecule has 0 fully saturated rings. The molecule has 1 rings (SSSR count). The first-order valence-corrected chi connectivity index (χ1v) is 7.99. The Morgan fingerprint density at radius 2 is 2.00 bits per heavy atom. The van der Waals surface area contributed by atoms with Crippen molar-refractivity contribution >= 4 is 5.91 Å². The van der Waals surface area contributed by atoms with Gasteiger partial charge < -0.3 is 15.0 Å². The smallest absolute Gasteiger partial charge is 0.419 e. The second kappa shape index (κ2) is 9.52. The van der Waals surface area contributed by atoms with Crippen molar-refractivity contribution < 1.29 is 22.7 Å². The van der Waals surface area contributed by atoms with Gasteiger partial charge >= 0.3 is 6.18 Å². The molecule has 0 saturated carbocycles. The largest absolute Gasteiger partial charge is 0.493 e. The van der Waals surface area contributed by atoms with Crippen LogP contribution in [0.5, 0.6) is 5.75 Å². The van der Waals surface area contributed by atoms with Crippen LogP contribution in [0, 0.1) is 0 Å². The van der Waals surface area contributed by atoms with Gasteiger partial charge in [-0.15, -0.1) is 0 Å². The molecule has 0 spiro atoms. The van der Waals surface area contributed by atoms with Crippen molar-refractivity contribution in [3.63, 3.8) is 0 Å². The number of alkyl halides is 3. The molecule has 0 aliphatic heterocycles. The van der Waals surface area contributed by atoms with Crippen LogP contribution in [0.2, 0.25) is 0 Å². The molecule has 1 aromatic rings. The molecule has 1 aromatic carbocycles. The number of hydrogen-bond acceptors (Lipinski definition) is 3. The molecule has 0 unspecified atom stereocenters. The highest BCUT2D eigenvalue weighted by molar-refractivity contribution is 5.77. The van der Waals surface area contributed by atoms with Crippen LogP contribution in [-0.4, -0.2) is 44.6 Å². The first-order valence-electron chi connectivity index (χ1n) is 7.99. The molecule has 0 radical (unpaired) electrons. The fourth-order valence-electron chi connectivity index (χ4n) is 1.99. The van der Waals surface area contributed by atoms with E-state index in [-0.39, 0.29) is 24.8 Å². The number of amides is 1. The molecular formula is C17H25F3N2O2. The van der Waals surface area contributed by atoms with Gasteiger partial charge in [0.15, 0.2) is 0 Å². The molecule has 0 heterocycles. The summed E-state index contributed by atoms with van der Waals surface area (Å²) in [4.78, 5) is 12.9. The Morgan fingerprint density at radius 1 is 1.29 bits per heavy atom. The van der Waals surface area contributed by atoms with Gasteiger partial charge in [0.25, 0.3) is 0 Å². The molecule has 0 atom stereocenters. The third kappa shape index (κ3) is 6.78. The summed E-state index contributed by atoms with van der Waals surface area (Å²) in [5.41, 5.74) is -0.0163. The summed E-state index contributed by atoms with van der Waals surface area (Å²) in [7, 11) is 3.33. The van der Waals surface area contributed by atoms with E-state index >= 15 is 0 Å². The molecule has 0 aliphatic carbocycles. The van der Waals surface area contributed by atoms with Crippen LogP contribution in [0.3, 0.4) is 0 Å². The zero-order valence-corrected chi connectivity index (χ0v) is 14.4. The molecule has 1 N–H and O–H groups in total. The SMILES string of the molecule is CCCCOc1cc(CCNCC(=O)N(C)C)ccc1C(F)(F)F. The van der Waals surface area contributed by atoms with Crippen molar-refractivity contribution in [2.24, 2.45) is 0 Å². The van der Waals surface area contributed by atoms with E-state index in [2.05, 4.69) is 5.32 Å². The van der Waals surface area contributed by atoms with Crippen LogP contribution in [0.1, 0.15) is 30.9 Å². The quantitative estimate of drug-likeness (QED) is 0.699. The summed E-state index contributed by atoms with van der Waals surface area (Å²) >= 11 is 0. The van der Waals surface area contributed by atoms with E-state index in [4.69, 9.17) is 4.74 Å². The number of likely N-dealkylation sites (N-methyl/N-ethyl adjacent to an activating group) is 1. The molecule has 7 heteroatoms. The van der Waals surface area contributed by atoms with Crippen LogP contribution in [0.4, 0.5) is 13.2 Å². The number of benzene rings is 1. The van der Waals surface area contributed by atoms with Gasteiger partial charge in [-0.1, -0.05) is 19.4 Å². The van der Waals surface area contributed by atoms with Gasteiger partial charge in [-0.25, -0.2) is 0 Å². The van der Waals surface area contributed by atoms with Gasteiger partial charge in [0.05, 0.1) is 18.7 Å². The number of nitrogens with zero attached hydrogens (tertiary/aromatic N) is 1. The maximum atomic E-state index is 13.0. The fraction of sp³-hybridized carbons (Fsp3) is 0.588. The molecule has 0 saturated heterocycles. The first-order chi connectivity index (χ1) is 11.3. The average molecular weight is 346 g/mol. The van der Waals surface area contributed by atoms with Gasteiger partial charge in [-0.3, -0.25) is 4.79 Å². The number of carbonyl (C=O) groups excluding carboxylic acids is 1. The van der Waals surface area contributed by atoms with Crippen molar-refractivity contribution in [3.05, 3.63) is 29.3 Å². The van der Waals surface area contributed by atoms with E-state index in [0.717, 1.165) is 18.1 Å². The predicted octanol–water partition coefficient (Wildman–Crippen LogP) is 3.10. The highest BCUT2D eigenvalue weighted by atomic mass is 19.4. The lowest BCUT2D eigenvalue weighted by atomic mass is 10.1. The van der Waals surface area contributed by atoms with Crippen molar-refractivity contribution in [1.29, 1.82) is 0 Å². The third-order valence-corrected chi connectivity index (χ3v) is 3.47. The summed E-state index contributed by atoms with van der Waals surface area (Å²) in [6.07, 6.45) is -2.36. The maximum absolute atomic E-state index is 13.0. The Bertz CT molecular complexity index is 531. The lowest BCUT2D eigenvalue weighted by molar-refractivity contribution is -0.139. The van der Waals surface area contributed by atoms with Crippen LogP contribution < -0.4 is 10.1 Å².